The Hall–Kier alpha value is -1.18. The van der Waals surface area contributed by atoms with E-state index in [0.717, 1.165) is 52.7 Å². The van der Waals surface area contributed by atoms with Gasteiger partial charge >= 0.3 is 0 Å². The highest BCUT2D eigenvalue weighted by Gasteiger charge is 2.30. The second-order valence-corrected chi connectivity index (χ2v) is 6.60. The van der Waals surface area contributed by atoms with E-state index in [1.54, 1.807) is 0 Å². The molecule has 0 amide bonds. The van der Waals surface area contributed by atoms with Crippen LogP contribution in [0.3, 0.4) is 0 Å². The van der Waals surface area contributed by atoms with E-state index < -0.39 is 0 Å². The van der Waals surface area contributed by atoms with Crippen molar-refractivity contribution >= 4 is 5.69 Å². The smallest absolute Gasteiger partial charge is 0.104 e. The lowest BCUT2D eigenvalue weighted by molar-refractivity contribution is 0.102. The van der Waals surface area contributed by atoms with Crippen molar-refractivity contribution in [1.82, 2.24) is 0 Å². The molecule has 0 N–H and O–H groups in total. The number of epoxide rings is 4. The molecule has 4 heterocycles. The van der Waals surface area contributed by atoms with Gasteiger partial charge in [0, 0.05) is 18.8 Å². The van der Waals surface area contributed by atoms with Gasteiger partial charge in [-0.15, -0.1) is 0 Å². The predicted octanol–water partition coefficient (Wildman–Crippen LogP) is 1.09. The van der Waals surface area contributed by atoms with Gasteiger partial charge in [0.2, 0.25) is 0 Å². The number of benzene rings is 1. The first-order chi connectivity index (χ1) is 11.9. The van der Waals surface area contributed by atoms with Crippen molar-refractivity contribution in [1.29, 1.82) is 0 Å². The molecule has 0 saturated carbocycles. The summed E-state index contributed by atoms with van der Waals surface area (Å²) in [6.45, 7) is 7.06. The molecule has 0 bridgehead atoms. The monoisotopic (exact) mass is 335 g/mol. The molecule has 1 aromatic carbocycles. The number of hydrogen-bond donors (Lipinski definition) is 0. The molecule has 4 aliphatic rings. The summed E-state index contributed by atoms with van der Waals surface area (Å²) < 4.78 is 25.7. The predicted molar refractivity (Wildman–Crippen MR) is 88.4 cm³/mol. The van der Waals surface area contributed by atoms with Crippen LogP contribution in [0, 0.1) is 0 Å². The number of para-hydroxylation sites is 1. The summed E-state index contributed by atoms with van der Waals surface area (Å²) >= 11 is 0. The summed E-state index contributed by atoms with van der Waals surface area (Å²) in [4.78, 5) is 2.36. The first kappa shape index (κ1) is 16.3. The molecular formula is C18H25NO5. The van der Waals surface area contributed by atoms with E-state index in [4.69, 9.17) is 23.7 Å². The molecule has 24 heavy (non-hydrogen) atoms. The second kappa shape index (κ2) is 7.80. The Balaban J connectivity index is 0.000000138. The fourth-order valence-electron chi connectivity index (χ4n) is 2.42. The third-order valence-electron chi connectivity index (χ3n) is 4.19. The first-order valence-corrected chi connectivity index (χ1v) is 8.71. The van der Waals surface area contributed by atoms with Crippen molar-refractivity contribution in [2.45, 2.75) is 24.4 Å². The van der Waals surface area contributed by atoms with Gasteiger partial charge in [-0.1, -0.05) is 18.2 Å². The third kappa shape index (κ3) is 6.03. The van der Waals surface area contributed by atoms with Gasteiger partial charge in [0.25, 0.3) is 0 Å². The van der Waals surface area contributed by atoms with Crippen LogP contribution in [-0.2, 0) is 23.7 Å². The lowest BCUT2D eigenvalue weighted by atomic mass is 10.2. The van der Waals surface area contributed by atoms with Crippen molar-refractivity contribution < 1.29 is 23.7 Å². The summed E-state index contributed by atoms with van der Waals surface area (Å²) in [7, 11) is 0. The van der Waals surface area contributed by atoms with Gasteiger partial charge in [0.15, 0.2) is 0 Å². The first-order valence-electron chi connectivity index (χ1n) is 8.71. The molecule has 6 nitrogen and oxygen atoms in total. The number of ether oxygens (including phenoxy) is 5. The van der Waals surface area contributed by atoms with Gasteiger partial charge in [0.1, 0.15) is 12.2 Å². The molecule has 4 unspecified atom stereocenters. The van der Waals surface area contributed by atoms with Crippen LogP contribution in [0.25, 0.3) is 0 Å². The van der Waals surface area contributed by atoms with Gasteiger partial charge < -0.3 is 28.6 Å². The Morgan fingerprint density at radius 3 is 1.62 bits per heavy atom. The van der Waals surface area contributed by atoms with Gasteiger partial charge in [-0.2, -0.15) is 0 Å². The van der Waals surface area contributed by atoms with Crippen LogP contribution >= 0.6 is 0 Å². The van der Waals surface area contributed by atoms with E-state index in [0.29, 0.717) is 24.4 Å². The maximum Gasteiger partial charge on any atom is 0.104 e. The summed E-state index contributed by atoms with van der Waals surface area (Å²) in [5.74, 6) is 0. The van der Waals surface area contributed by atoms with Gasteiger partial charge in [-0.05, 0) is 12.1 Å². The van der Waals surface area contributed by atoms with Gasteiger partial charge in [-0.25, -0.2) is 0 Å². The minimum absolute atomic E-state index is 0.392. The van der Waals surface area contributed by atoms with Crippen molar-refractivity contribution in [3.63, 3.8) is 0 Å². The zero-order valence-corrected chi connectivity index (χ0v) is 13.8. The van der Waals surface area contributed by atoms with Crippen LogP contribution in [-0.4, -0.2) is 77.1 Å². The van der Waals surface area contributed by atoms with Crippen molar-refractivity contribution in [3.05, 3.63) is 30.3 Å². The van der Waals surface area contributed by atoms with Crippen molar-refractivity contribution in [2.75, 3.05) is 57.6 Å². The van der Waals surface area contributed by atoms with E-state index in [9.17, 15) is 0 Å². The Morgan fingerprint density at radius 2 is 1.21 bits per heavy atom. The van der Waals surface area contributed by atoms with E-state index >= 15 is 0 Å². The topological polar surface area (TPSA) is 62.6 Å². The molecule has 4 saturated heterocycles. The Labute approximate surface area is 142 Å². The average molecular weight is 335 g/mol. The summed E-state index contributed by atoms with van der Waals surface area (Å²) in [6.07, 6.45) is 1.65. The zero-order chi connectivity index (χ0) is 16.2. The normalized spacial score (nSPS) is 31.7. The van der Waals surface area contributed by atoms with Gasteiger partial charge in [-0.3, -0.25) is 0 Å². The molecule has 0 aromatic heterocycles. The number of anilines is 1. The fourth-order valence-corrected chi connectivity index (χ4v) is 2.42. The maximum atomic E-state index is 5.28. The van der Waals surface area contributed by atoms with Crippen LogP contribution in [0.2, 0.25) is 0 Å². The highest BCUT2D eigenvalue weighted by molar-refractivity contribution is 5.46. The van der Waals surface area contributed by atoms with Crippen LogP contribution in [0.4, 0.5) is 5.69 Å². The lowest BCUT2D eigenvalue weighted by Gasteiger charge is -2.23. The molecule has 4 atom stereocenters. The lowest BCUT2D eigenvalue weighted by Crippen LogP contribution is -2.31. The molecule has 132 valence electrons. The molecule has 4 fully saturated rings. The molecule has 4 aliphatic heterocycles. The standard InChI is InChI=1S/C12H15NO2.C6H10O3/c1-2-4-10(5-3-1)13(6-11-8-14-11)7-12-9-15-12;1(5-3-8-5)7-2-6-4-9-6/h1-5,11-12H,6-9H2;5-6H,1-4H2. The maximum absolute atomic E-state index is 5.28. The molecule has 0 radical (unpaired) electrons. The summed E-state index contributed by atoms with van der Waals surface area (Å²) in [5, 5.41) is 0. The second-order valence-electron chi connectivity index (χ2n) is 6.60. The summed E-state index contributed by atoms with van der Waals surface area (Å²) in [6, 6.07) is 10.5. The van der Waals surface area contributed by atoms with E-state index in [1.165, 1.54) is 5.69 Å². The van der Waals surface area contributed by atoms with Crippen LogP contribution < -0.4 is 4.90 Å². The molecule has 0 spiro atoms. The van der Waals surface area contributed by atoms with Crippen LogP contribution in [0.5, 0.6) is 0 Å². The number of hydrogen-bond acceptors (Lipinski definition) is 6. The highest BCUT2D eigenvalue weighted by atomic mass is 16.6. The van der Waals surface area contributed by atoms with Crippen LogP contribution in [0.1, 0.15) is 0 Å². The van der Waals surface area contributed by atoms with E-state index in [-0.39, 0.29) is 0 Å². The Bertz CT molecular complexity index is 471. The van der Waals surface area contributed by atoms with E-state index in [1.807, 2.05) is 6.07 Å². The van der Waals surface area contributed by atoms with E-state index in [2.05, 4.69) is 29.2 Å². The fraction of sp³-hybridized carbons (Fsp3) is 0.667. The number of nitrogens with zero attached hydrogens (tertiary/aromatic N) is 1. The van der Waals surface area contributed by atoms with Crippen molar-refractivity contribution in [3.8, 4) is 0 Å². The molecular weight excluding hydrogens is 310 g/mol. The molecule has 6 heteroatoms. The molecule has 0 aliphatic carbocycles. The largest absolute Gasteiger partial charge is 0.376 e. The SMILES string of the molecule is C(OCC1CO1)C1CO1.c1ccc(N(CC2CO2)CC2CO2)cc1. The minimum Gasteiger partial charge on any atom is -0.376 e. The van der Waals surface area contributed by atoms with Gasteiger partial charge in [0.05, 0.1) is 51.8 Å². The Morgan fingerprint density at radius 1 is 0.750 bits per heavy atom. The van der Waals surface area contributed by atoms with Crippen LogP contribution in [0.15, 0.2) is 30.3 Å². The minimum atomic E-state index is 0.392. The van der Waals surface area contributed by atoms with Crippen molar-refractivity contribution in [2.24, 2.45) is 0 Å². The Kier molecular flexibility index (Phi) is 5.30. The average Bonchev–Trinajstić information content (AvgIpc) is 3.47. The number of rotatable bonds is 9. The quantitative estimate of drug-likeness (QED) is 0.630. The zero-order valence-electron chi connectivity index (χ0n) is 13.8. The molecule has 5 rings (SSSR count). The highest BCUT2D eigenvalue weighted by Crippen LogP contribution is 2.21. The molecule has 1 aromatic rings. The summed E-state index contributed by atoms with van der Waals surface area (Å²) in [5.41, 5.74) is 1.27. The third-order valence-corrected chi connectivity index (χ3v) is 4.19.